The van der Waals surface area contributed by atoms with E-state index in [1.54, 1.807) is 6.92 Å². The quantitative estimate of drug-likeness (QED) is 0.505. The summed E-state index contributed by atoms with van der Waals surface area (Å²) in [7, 11) is 0. The number of halogens is 2. The highest BCUT2D eigenvalue weighted by molar-refractivity contribution is 6.40. The standard InChI is InChI=1S/C6H9N3O3.CH2Cl2/c1-5-7-4-6(9(11)12)8(5)2-3-10;2-1-3/h4,10H,2-3H2,1H3;1H2. The average molecular weight is 256 g/mol. The zero-order valence-electron chi connectivity index (χ0n) is 8.06. The monoisotopic (exact) mass is 255 g/mol. The Balaban J connectivity index is 0.000000583. The van der Waals surface area contributed by atoms with Crippen LogP contribution in [0.4, 0.5) is 5.82 Å². The first-order valence-corrected chi connectivity index (χ1v) is 5.04. The first-order chi connectivity index (χ1) is 7.08. The molecule has 0 aliphatic rings. The zero-order valence-corrected chi connectivity index (χ0v) is 9.57. The molecule has 1 N–H and O–H groups in total. The fraction of sp³-hybridized carbons (Fsp3) is 0.571. The van der Waals surface area contributed by atoms with Gasteiger partial charge >= 0.3 is 5.82 Å². The molecule has 8 heteroatoms. The van der Waals surface area contributed by atoms with Crippen LogP contribution in [-0.4, -0.2) is 31.5 Å². The van der Waals surface area contributed by atoms with Gasteiger partial charge in [-0.1, -0.05) is 0 Å². The lowest BCUT2D eigenvalue weighted by Gasteiger charge is -1.98. The molecule has 15 heavy (non-hydrogen) atoms. The lowest BCUT2D eigenvalue weighted by molar-refractivity contribution is -0.392. The smallest absolute Gasteiger partial charge is 0.342 e. The number of aliphatic hydroxyl groups excluding tert-OH is 1. The highest BCUT2D eigenvalue weighted by Gasteiger charge is 2.15. The van der Waals surface area contributed by atoms with Crippen LogP contribution in [0.15, 0.2) is 6.20 Å². The number of nitrogens with zero attached hydrogens (tertiary/aromatic N) is 3. The minimum Gasteiger partial charge on any atom is -0.392 e. The summed E-state index contributed by atoms with van der Waals surface area (Å²) in [4.78, 5) is 13.6. The number of imidazole rings is 1. The SMILES string of the molecule is Cc1ncc([N+](=O)[O-])n1CCO.ClCCl. The molecule has 0 amide bonds. The Kier molecular flexibility index (Phi) is 7.02. The highest BCUT2D eigenvalue weighted by atomic mass is 35.5. The van der Waals surface area contributed by atoms with Gasteiger partial charge in [0.05, 0.1) is 11.9 Å². The Morgan fingerprint density at radius 1 is 1.67 bits per heavy atom. The molecule has 6 nitrogen and oxygen atoms in total. The summed E-state index contributed by atoms with van der Waals surface area (Å²) < 4.78 is 1.36. The van der Waals surface area contributed by atoms with Crippen molar-refractivity contribution in [3.05, 3.63) is 22.1 Å². The van der Waals surface area contributed by atoms with Crippen molar-refractivity contribution < 1.29 is 10.0 Å². The van der Waals surface area contributed by atoms with Gasteiger partial charge in [-0.3, -0.25) is 0 Å². The van der Waals surface area contributed by atoms with Crippen LogP contribution in [0.1, 0.15) is 5.82 Å². The summed E-state index contributed by atoms with van der Waals surface area (Å²) in [6.07, 6.45) is 1.19. The second-order valence-electron chi connectivity index (χ2n) is 2.40. The number of rotatable bonds is 3. The van der Waals surface area contributed by atoms with Crippen LogP contribution in [0, 0.1) is 17.0 Å². The molecule has 0 fully saturated rings. The van der Waals surface area contributed by atoms with Crippen molar-refractivity contribution in [2.24, 2.45) is 0 Å². The fourth-order valence-corrected chi connectivity index (χ4v) is 0.978. The van der Waals surface area contributed by atoms with Crippen LogP contribution in [-0.2, 0) is 6.54 Å². The Labute approximate surface area is 96.6 Å². The predicted octanol–water partition coefficient (Wildman–Crippen LogP) is 1.51. The van der Waals surface area contributed by atoms with E-state index in [9.17, 15) is 10.1 Å². The minimum atomic E-state index is -0.518. The molecule has 1 aromatic rings. The van der Waals surface area contributed by atoms with E-state index in [0.29, 0.717) is 5.82 Å². The van der Waals surface area contributed by atoms with E-state index in [1.807, 2.05) is 0 Å². The lowest BCUT2D eigenvalue weighted by Crippen LogP contribution is -2.07. The van der Waals surface area contributed by atoms with Gasteiger partial charge in [0, 0.05) is 6.92 Å². The maximum atomic E-state index is 10.4. The van der Waals surface area contributed by atoms with Crippen LogP contribution >= 0.6 is 23.2 Å². The summed E-state index contributed by atoms with van der Waals surface area (Å²) in [5.41, 5.74) is 0. The molecular weight excluding hydrogens is 245 g/mol. The van der Waals surface area contributed by atoms with Crippen molar-refractivity contribution in [3.8, 4) is 0 Å². The minimum absolute atomic E-state index is 0.0819. The van der Waals surface area contributed by atoms with E-state index in [4.69, 9.17) is 28.3 Å². The van der Waals surface area contributed by atoms with Gasteiger partial charge in [0.1, 0.15) is 12.7 Å². The molecule has 0 saturated heterocycles. The average Bonchev–Trinajstić information content (AvgIpc) is 2.50. The Morgan fingerprint density at radius 2 is 2.20 bits per heavy atom. The summed E-state index contributed by atoms with van der Waals surface area (Å²) in [6, 6.07) is 0. The van der Waals surface area contributed by atoms with Gasteiger partial charge in [0.15, 0.2) is 5.82 Å². The van der Waals surface area contributed by atoms with Crippen LogP contribution in [0.2, 0.25) is 0 Å². The van der Waals surface area contributed by atoms with Crippen LogP contribution < -0.4 is 0 Å². The van der Waals surface area contributed by atoms with E-state index in [0.717, 1.165) is 0 Å². The van der Waals surface area contributed by atoms with E-state index >= 15 is 0 Å². The molecule has 0 saturated carbocycles. The van der Waals surface area contributed by atoms with Gasteiger partial charge in [-0.15, -0.1) is 23.2 Å². The van der Waals surface area contributed by atoms with Crippen LogP contribution in [0.25, 0.3) is 0 Å². The largest absolute Gasteiger partial charge is 0.392 e. The second-order valence-corrected chi connectivity index (χ2v) is 3.21. The Bertz CT molecular complexity index is 316. The molecular formula is C7H11Cl2N3O3. The van der Waals surface area contributed by atoms with Crippen LogP contribution in [0.5, 0.6) is 0 Å². The van der Waals surface area contributed by atoms with E-state index in [-0.39, 0.29) is 24.3 Å². The third-order valence-electron chi connectivity index (χ3n) is 1.54. The number of hydrogen-bond donors (Lipinski definition) is 1. The molecule has 1 rings (SSSR count). The van der Waals surface area contributed by atoms with Gasteiger partial charge in [-0.05, 0) is 4.92 Å². The number of aryl methyl sites for hydroxylation is 1. The molecule has 0 atom stereocenters. The zero-order chi connectivity index (χ0) is 11.8. The van der Waals surface area contributed by atoms with Crippen molar-refractivity contribution in [3.63, 3.8) is 0 Å². The van der Waals surface area contributed by atoms with E-state index in [1.165, 1.54) is 10.8 Å². The highest BCUT2D eigenvalue weighted by Crippen LogP contribution is 2.12. The lowest BCUT2D eigenvalue weighted by atomic mass is 10.6. The molecule has 0 aromatic carbocycles. The number of alkyl halides is 2. The summed E-state index contributed by atoms with van der Waals surface area (Å²) in [5, 5.41) is 19.2. The molecule has 0 aliphatic carbocycles. The molecule has 0 unspecified atom stereocenters. The molecule has 86 valence electrons. The maximum Gasteiger partial charge on any atom is 0.342 e. The third kappa shape index (κ3) is 4.46. The van der Waals surface area contributed by atoms with Crippen molar-refractivity contribution in [1.82, 2.24) is 9.55 Å². The van der Waals surface area contributed by atoms with Crippen molar-refractivity contribution >= 4 is 29.0 Å². The Morgan fingerprint density at radius 3 is 2.60 bits per heavy atom. The predicted molar refractivity (Wildman–Crippen MR) is 57.3 cm³/mol. The number of nitro groups is 1. The maximum absolute atomic E-state index is 10.4. The van der Waals surface area contributed by atoms with Crippen molar-refractivity contribution in [2.75, 3.05) is 11.9 Å². The number of aliphatic hydroxyl groups is 1. The van der Waals surface area contributed by atoms with Crippen molar-refractivity contribution in [1.29, 1.82) is 0 Å². The summed E-state index contributed by atoms with van der Waals surface area (Å²) in [5.74, 6) is 0.456. The molecule has 0 aliphatic heterocycles. The second kappa shape index (κ2) is 7.44. The van der Waals surface area contributed by atoms with Crippen LogP contribution in [0.3, 0.4) is 0 Å². The van der Waals surface area contributed by atoms with E-state index in [2.05, 4.69) is 4.98 Å². The first-order valence-electron chi connectivity index (χ1n) is 3.97. The van der Waals surface area contributed by atoms with Gasteiger partial charge in [-0.25, -0.2) is 9.55 Å². The van der Waals surface area contributed by atoms with Crippen molar-refractivity contribution in [2.45, 2.75) is 13.5 Å². The number of aromatic nitrogens is 2. The molecule has 0 spiro atoms. The molecule has 1 aromatic heterocycles. The van der Waals surface area contributed by atoms with Gasteiger partial charge < -0.3 is 15.2 Å². The topological polar surface area (TPSA) is 81.2 Å². The summed E-state index contributed by atoms with van der Waals surface area (Å²) in [6.45, 7) is 1.74. The Hall–Kier alpha value is -0.850. The van der Waals surface area contributed by atoms with E-state index < -0.39 is 4.92 Å². The van der Waals surface area contributed by atoms with Gasteiger partial charge in [-0.2, -0.15) is 0 Å². The van der Waals surface area contributed by atoms with Gasteiger partial charge in [0.25, 0.3) is 0 Å². The third-order valence-corrected chi connectivity index (χ3v) is 1.54. The van der Waals surface area contributed by atoms with Gasteiger partial charge in [0.2, 0.25) is 0 Å². The first kappa shape index (κ1) is 14.2. The molecule has 0 bridgehead atoms. The number of hydrogen-bond acceptors (Lipinski definition) is 4. The normalized spacial score (nSPS) is 9.33. The molecule has 1 heterocycles. The summed E-state index contributed by atoms with van der Waals surface area (Å²) >= 11 is 9.53. The fourth-order valence-electron chi connectivity index (χ4n) is 0.978. The molecule has 0 radical (unpaired) electrons.